The Morgan fingerprint density at radius 3 is 1.55 bits per heavy atom. The van der Waals surface area contributed by atoms with Gasteiger partial charge in [0, 0.05) is 0 Å². The van der Waals surface area contributed by atoms with Gasteiger partial charge >= 0.3 is 271 Å². The zero-order valence-corrected chi connectivity index (χ0v) is 27.6. The molecule has 7 heteroatoms. The summed E-state index contributed by atoms with van der Waals surface area (Å²) in [5.41, 5.74) is 6.06. The van der Waals surface area contributed by atoms with E-state index in [1.807, 2.05) is 97.1 Å². The Morgan fingerprint density at radius 1 is 0.568 bits per heavy atom. The number of rotatable bonds is 8. The average molecular weight is 729 g/mol. The first kappa shape index (κ1) is 30.4. The van der Waals surface area contributed by atoms with Crippen molar-refractivity contribution in [2.24, 2.45) is 0 Å². The normalized spacial score (nSPS) is 17.1. The first-order valence-electron chi connectivity index (χ1n) is 13.8. The second kappa shape index (κ2) is 14.0. The molecule has 0 aliphatic carbocycles. The van der Waals surface area contributed by atoms with Gasteiger partial charge in [0.15, 0.2) is 0 Å². The van der Waals surface area contributed by atoms with E-state index in [0.717, 1.165) is 22.3 Å². The molecule has 2 heterocycles. The van der Waals surface area contributed by atoms with Crippen molar-refractivity contribution in [2.75, 3.05) is 0 Å². The molecular weight excluding hydrogens is 702 g/mol. The maximum absolute atomic E-state index is 11.9. The third-order valence-electron chi connectivity index (χ3n) is 6.76. The molecule has 1 unspecified atom stereocenters. The summed E-state index contributed by atoms with van der Waals surface area (Å²) in [4.78, 5) is 0. The molecule has 0 bridgehead atoms. The minimum absolute atomic E-state index is 0.156. The summed E-state index contributed by atoms with van der Waals surface area (Å²) in [5, 5.41) is 0. The van der Waals surface area contributed by atoms with Gasteiger partial charge in [-0.05, 0) is 0 Å². The summed E-state index contributed by atoms with van der Waals surface area (Å²) in [6, 6.07) is 40.0. The fraction of sp³-hybridized carbons (Fsp3) is 0. The van der Waals surface area contributed by atoms with Gasteiger partial charge in [-0.25, -0.2) is 0 Å². The predicted molar refractivity (Wildman–Crippen MR) is 172 cm³/mol. The number of hydrogen-bond acceptors (Lipinski definition) is 4. The molecule has 2 aliphatic rings. The quantitative estimate of drug-likeness (QED) is 0.250. The van der Waals surface area contributed by atoms with Crippen molar-refractivity contribution >= 4 is 46.6 Å². The van der Waals surface area contributed by atoms with Crippen molar-refractivity contribution in [1.29, 1.82) is 0 Å². The molecule has 0 amide bonds. The predicted octanol–water partition coefficient (Wildman–Crippen LogP) is 4.54. The standard InChI is InChI=1S/C37H27ClO4Se2/c39-38(40,41)42-44-36(32-20-9-3-10-21-32)26-29(27-37(44)33-22-11-4-12-23-33)15-13-14-28-24-34(30-16-5-1-6-17-30)43-35(25-28)31-18-7-2-8-19-31/h1-27H/b15-13+. The van der Waals surface area contributed by atoms with Crippen LogP contribution < -0.4 is 14.0 Å². The van der Waals surface area contributed by atoms with Crippen LogP contribution >= 0.6 is 0 Å². The van der Waals surface area contributed by atoms with Crippen LogP contribution in [0, 0.1) is 10.2 Å². The van der Waals surface area contributed by atoms with Crippen molar-refractivity contribution in [2.45, 2.75) is 0 Å². The van der Waals surface area contributed by atoms with Crippen molar-refractivity contribution in [3.05, 3.63) is 197 Å². The van der Waals surface area contributed by atoms with E-state index in [9.17, 15) is 14.0 Å². The van der Waals surface area contributed by atoms with Crippen LogP contribution in [0.3, 0.4) is 0 Å². The van der Waals surface area contributed by atoms with Gasteiger partial charge in [0.05, 0.1) is 0 Å². The first-order chi connectivity index (χ1) is 21.4. The molecular formula is C37H27ClO4Se2. The summed E-state index contributed by atoms with van der Waals surface area (Å²) >= 11 is -2.56. The summed E-state index contributed by atoms with van der Waals surface area (Å²) in [7, 11) is -4.62. The molecule has 0 saturated carbocycles. The number of allylic oxidation sites excluding steroid dienone is 9. The third-order valence-corrected chi connectivity index (χ3v) is 14.4. The van der Waals surface area contributed by atoms with E-state index in [1.54, 1.807) is 0 Å². The van der Waals surface area contributed by atoms with Gasteiger partial charge in [-0.1, -0.05) is 0 Å². The van der Waals surface area contributed by atoms with Crippen LogP contribution in [0.1, 0.15) is 22.3 Å². The van der Waals surface area contributed by atoms with Crippen molar-refractivity contribution in [3.8, 4) is 0 Å². The average Bonchev–Trinajstić information content (AvgIpc) is 3.06. The molecule has 0 radical (unpaired) electrons. The van der Waals surface area contributed by atoms with Crippen LogP contribution in [0.25, 0.3) is 13.4 Å². The zero-order chi connectivity index (χ0) is 30.4. The molecule has 2 aliphatic heterocycles. The van der Waals surface area contributed by atoms with E-state index in [4.69, 9.17) is 3.37 Å². The van der Waals surface area contributed by atoms with E-state index < -0.39 is 24.0 Å². The Kier molecular flexibility index (Phi) is 9.66. The summed E-state index contributed by atoms with van der Waals surface area (Å²) in [6.45, 7) is 0. The Bertz CT molecular complexity index is 1790. The monoisotopic (exact) mass is 730 g/mol. The van der Waals surface area contributed by atoms with E-state index in [-0.39, 0.29) is 15.0 Å². The van der Waals surface area contributed by atoms with Crippen LogP contribution in [-0.2, 0) is 3.37 Å². The fourth-order valence-corrected chi connectivity index (χ4v) is 12.3. The first-order valence-corrected chi connectivity index (χ1v) is 19.2. The molecule has 0 fully saturated rings. The van der Waals surface area contributed by atoms with Gasteiger partial charge in [-0.2, -0.15) is 0 Å². The molecule has 1 atom stereocenters. The van der Waals surface area contributed by atoms with Crippen molar-refractivity contribution in [3.63, 3.8) is 0 Å². The minimum atomic E-state index is -4.62. The van der Waals surface area contributed by atoms with Gasteiger partial charge < -0.3 is 0 Å². The summed E-state index contributed by atoms with van der Waals surface area (Å²) < 4.78 is 44.9. The van der Waals surface area contributed by atoms with Crippen LogP contribution in [0.2, 0.25) is 0 Å². The summed E-state index contributed by atoms with van der Waals surface area (Å²) in [5.74, 6) is 0. The van der Waals surface area contributed by atoms with Crippen LogP contribution in [0.5, 0.6) is 0 Å². The number of benzene rings is 4. The number of halogens is 1. The maximum atomic E-state index is 11.9. The van der Waals surface area contributed by atoms with E-state index >= 15 is 0 Å². The van der Waals surface area contributed by atoms with E-state index in [2.05, 4.69) is 66.8 Å². The van der Waals surface area contributed by atoms with Gasteiger partial charge in [-0.3, -0.25) is 0 Å². The Labute approximate surface area is 270 Å². The second-order valence-electron chi connectivity index (χ2n) is 9.84. The fourth-order valence-electron chi connectivity index (χ4n) is 4.77. The van der Waals surface area contributed by atoms with Gasteiger partial charge in [0.2, 0.25) is 0 Å². The van der Waals surface area contributed by atoms with E-state index in [1.165, 1.54) is 20.1 Å². The van der Waals surface area contributed by atoms with Crippen LogP contribution in [0.15, 0.2) is 175 Å². The molecule has 4 aromatic carbocycles. The molecule has 0 saturated heterocycles. The molecule has 218 valence electrons. The van der Waals surface area contributed by atoms with Crippen LogP contribution in [0.4, 0.5) is 0 Å². The molecule has 4 nitrogen and oxygen atoms in total. The Hall–Kier alpha value is -3.64. The molecule has 0 spiro atoms. The summed E-state index contributed by atoms with van der Waals surface area (Å²) in [6.07, 6.45) is 14.5. The number of hydrogen-bond donors (Lipinski definition) is 0. The molecule has 0 N–H and O–H groups in total. The SMILES string of the molecule is [O-][Cl+3]([O-])([O-])O[Se]1=C(c2ccccc2)C=C(/C=C/C=C2C=C(c3ccccc3)[Se]C(c3ccccc3)=C2)C=C1c1ccccc1. The Morgan fingerprint density at radius 2 is 1.05 bits per heavy atom. The topological polar surface area (TPSA) is 78.4 Å². The van der Waals surface area contributed by atoms with Crippen LogP contribution in [-0.4, -0.2) is 33.2 Å². The van der Waals surface area contributed by atoms with Gasteiger partial charge in [0.25, 0.3) is 0 Å². The molecule has 0 aromatic heterocycles. The molecule has 44 heavy (non-hydrogen) atoms. The van der Waals surface area contributed by atoms with Crippen molar-refractivity contribution in [1.82, 2.24) is 0 Å². The third kappa shape index (κ3) is 7.70. The second-order valence-corrected chi connectivity index (χ2v) is 16.8. The Balaban J connectivity index is 1.42. The van der Waals surface area contributed by atoms with E-state index in [0.29, 0.717) is 8.89 Å². The van der Waals surface area contributed by atoms with Gasteiger partial charge in [-0.15, -0.1) is 0 Å². The molecule has 4 aromatic rings. The zero-order valence-electron chi connectivity index (χ0n) is 23.4. The molecule has 6 rings (SSSR count). The van der Waals surface area contributed by atoms with Crippen molar-refractivity contribution < 1.29 is 27.6 Å². The van der Waals surface area contributed by atoms with Gasteiger partial charge in [0.1, 0.15) is 0 Å².